The van der Waals surface area contributed by atoms with E-state index in [1.165, 1.54) is 5.56 Å². The van der Waals surface area contributed by atoms with Crippen LogP contribution >= 0.6 is 0 Å². The first-order chi connectivity index (χ1) is 16.8. The van der Waals surface area contributed by atoms with Gasteiger partial charge in [-0.2, -0.15) is 5.10 Å². The lowest BCUT2D eigenvalue weighted by Gasteiger charge is -2.38. The number of rotatable bonds is 7. The first kappa shape index (κ1) is 24.5. The number of aromatic nitrogens is 2. The number of nitrogens with zero attached hydrogens (tertiary/aromatic N) is 2. The lowest BCUT2D eigenvalue weighted by atomic mass is 9.85. The van der Waals surface area contributed by atoms with Gasteiger partial charge in [0.15, 0.2) is 0 Å². The fraction of sp³-hybridized carbons (Fsp3) is 0.393. The molecule has 35 heavy (non-hydrogen) atoms. The second kappa shape index (κ2) is 9.56. The Morgan fingerprint density at radius 2 is 1.80 bits per heavy atom. The summed E-state index contributed by atoms with van der Waals surface area (Å²) >= 11 is 0. The Kier molecular flexibility index (Phi) is 6.70. The molecule has 7 nitrogen and oxygen atoms in total. The molecule has 0 radical (unpaired) electrons. The number of hydrogen-bond acceptors (Lipinski definition) is 4. The summed E-state index contributed by atoms with van der Waals surface area (Å²) in [5, 5.41) is 13.9. The molecule has 0 saturated heterocycles. The highest BCUT2D eigenvalue weighted by atomic mass is 16.2. The van der Waals surface area contributed by atoms with E-state index < -0.39 is 5.54 Å². The van der Waals surface area contributed by atoms with Crippen LogP contribution in [0.3, 0.4) is 0 Å². The molecule has 1 unspecified atom stereocenters. The van der Waals surface area contributed by atoms with E-state index in [0.717, 1.165) is 24.0 Å². The largest absolute Gasteiger partial charge is 0.363 e. The van der Waals surface area contributed by atoms with Crippen molar-refractivity contribution in [1.82, 2.24) is 20.4 Å². The first-order valence-electron chi connectivity index (χ1n) is 12.3. The maximum atomic E-state index is 13.7. The highest BCUT2D eigenvalue weighted by Crippen LogP contribution is 2.40. The van der Waals surface area contributed by atoms with E-state index in [4.69, 9.17) is 0 Å². The summed E-state index contributed by atoms with van der Waals surface area (Å²) in [6.45, 7) is 8.24. The monoisotopic (exact) mass is 473 g/mol. The number of nitrogens with one attached hydrogen (secondary N) is 3. The minimum atomic E-state index is -1.20. The highest BCUT2D eigenvalue weighted by molar-refractivity contribution is 6.02. The zero-order valence-corrected chi connectivity index (χ0v) is 21.2. The van der Waals surface area contributed by atoms with Gasteiger partial charge in [-0.3, -0.25) is 9.59 Å². The molecule has 2 amide bonds. The van der Waals surface area contributed by atoms with Crippen LogP contribution in [0.15, 0.2) is 60.8 Å². The molecule has 0 saturated carbocycles. The summed E-state index contributed by atoms with van der Waals surface area (Å²) in [6, 6.07) is 18.1. The van der Waals surface area contributed by atoms with Crippen molar-refractivity contribution in [2.45, 2.75) is 64.1 Å². The van der Waals surface area contributed by atoms with E-state index in [1.54, 1.807) is 13.2 Å². The van der Waals surface area contributed by atoms with Gasteiger partial charge in [0.2, 0.25) is 5.91 Å². The normalized spacial score (nSPS) is 18.0. The van der Waals surface area contributed by atoms with E-state index in [1.807, 2.05) is 54.1 Å². The third-order valence-corrected chi connectivity index (χ3v) is 7.13. The molecular weight excluding hydrogens is 438 g/mol. The lowest BCUT2D eigenvalue weighted by molar-refractivity contribution is -0.127. The van der Waals surface area contributed by atoms with Crippen LogP contribution in [0.1, 0.15) is 73.6 Å². The molecule has 0 aliphatic carbocycles. The fourth-order valence-corrected chi connectivity index (χ4v) is 5.01. The van der Waals surface area contributed by atoms with Gasteiger partial charge >= 0.3 is 0 Å². The Hall–Kier alpha value is -3.61. The van der Waals surface area contributed by atoms with Crippen LogP contribution in [-0.2, 0) is 22.3 Å². The predicted molar refractivity (Wildman–Crippen MR) is 138 cm³/mol. The maximum absolute atomic E-state index is 13.7. The molecule has 4 rings (SSSR count). The van der Waals surface area contributed by atoms with Crippen LogP contribution in [0, 0.1) is 0 Å². The van der Waals surface area contributed by atoms with Gasteiger partial charge in [0.05, 0.1) is 17.8 Å². The molecule has 7 heteroatoms. The van der Waals surface area contributed by atoms with Crippen LogP contribution in [-0.4, -0.2) is 28.6 Å². The van der Waals surface area contributed by atoms with Crippen molar-refractivity contribution >= 4 is 17.6 Å². The first-order valence-corrected chi connectivity index (χ1v) is 12.3. The molecule has 0 spiro atoms. The number of fused-ring (bicyclic) bond motifs is 1. The summed E-state index contributed by atoms with van der Waals surface area (Å²) in [7, 11) is 1.59. The maximum Gasteiger partial charge on any atom is 0.257 e. The number of carbonyl (C=O) groups excluding carboxylic acids is 2. The lowest BCUT2D eigenvalue weighted by Crippen LogP contribution is -2.55. The van der Waals surface area contributed by atoms with Crippen LogP contribution < -0.4 is 16.0 Å². The van der Waals surface area contributed by atoms with Gasteiger partial charge in [0.1, 0.15) is 16.9 Å². The molecule has 3 aromatic rings. The molecule has 2 atom stereocenters. The number of amides is 2. The molecule has 2 aromatic carbocycles. The number of hydrogen-bond donors (Lipinski definition) is 3. The molecule has 184 valence electrons. The Morgan fingerprint density at radius 1 is 1.11 bits per heavy atom. The Bertz CT molecular complexity index is 1200. The van der Waals surface area contributed by atoms with Crippen molar-refractivity contribution in [3.05, 3.63) is 83.0 Å². The Morgan fingerprint density at radius 3 is 2.40 bits per heavy atom. The van der Waals surface area contributed by atoms with Gasteiger partial charge in [-0.15, -0.1) is 0 Å². The van der Waals surface area contributed by atoms with Gasteiger partial charge in [-0.25, -0.2) is 4.68 Å². The van der Waals surface area contributed by atoms with Gasteiger partial charge in [-0.1, -0.05) is 68.4 Å². The van der Waals surface area contributed by atoms with Crippen LogP contribution in [0.5, 0.6) is 0 Å². The van der Waals surface area contributed by atoms with Gasteiger partial charge < -0.3 is 16.0 Å². The SMILES string of the molecule is CCc1ccc(C(CC)(NC(=O)c2cnn3c2N[C@@H](c2ccccc2)CC3(C)C)C(=O)NC)cc1. The zero-order chi connectivity index (χ0) is 25.2. The van der Waals surface area contributed by atoms with E-state index >= 15 is 0 Å². The summed E-state index contributed by atoms with van der Waals surface area (Å²) in [6.07, 6.45) is 3.72. The van der Waals surface area contributed by atoms with Crippen molar-refractivity contribution in [3.8, 4) is 0 Å². The van der Waals surface area contributed by atoms with E-state index in [2.05, 4.69) is 54.0 Å². The van der Waals surface area contributed by atoms with E-state index in [0.29, 0.717) is 17.8 Å². The standard InChI is InChI=1S/C28H35N5O2/c1-6-19-13-15-21(16-14-19)28(7-2,26(35)29-5)32-25(34)22-18-30-33-24(22)31-23(17-27(33,3)4)20-11-9-8-10-12-20/h8-16,18,23,31H,6-7,17H2,1-5H3,(H,29,35)(H,32,34)/t23-,28?/m1/s1. The van der Waals surface area contributed by atoms with Gasteiger partial charge in [0, 0.05) is 7.05 Å². The number of likely N-dealkylation sites (N-methyl/N-ethyl adjacent to an activating group) is 1. The fourth-order valence-electron chi connectivity index (χ4n) is 5.01. The summed E-state index contributed by atoms with van der Waals surface area (Å²) in [4.78, 5) is 26.9. The second-order valence-corrected chi connectivity index (χ2v) is 9.79. The minimum absolute atomic E-state index is 0.0402. The molecule has 1 aromatic heterocycles. The minimum Gasteiger partial charge on any atom is -0.363 e. The van der Waals surface area contributed by atoms with Crippen molar-refractivity contribution in [3.63, 3.8) is 0 Å². The zero-order valence-electron chi connectivity index (χ0n) is 21.2. The average molecular weight is 474 g/mol. The number of carbonyl (C=O) groups is 2. The second-order valence-electron chi connectivity index (χ2n) is 9.79. The smallest absolute Gasteiger partial charge is 0.257 e. The van der Waals surface area contributed by atoms with Crippen molar-refractivity contribution in [1.29, 1.82) is 0 Å². The predicted octanol–water partition coefficient (Wildman–Crippen LogP) is 4.52. The highest BCUT2D eigenvalue weighted by Gasteiger charge is 2.42. The molecule has 1 aliphatic heterocycles. The van der Waals surface area contributed by atoms with Crippen LogP contribution in [0.4, 0.5) is 5.82 Å². The molecule has 1 aliphatic rings. The number of aryl methyl sites for hydroxylation is 1. The Labute approximate surface area is 207 Å². The summed E-state index contributed by atoms with van der Waals surface area (Å²) in [5.41, 5.74) is 2.01. The van der Waals surface area contributed by atoms with E-state index in [-0.39, 0.29) is 23.4 Å². The van der Waals surface area contributed by atoms with Crippen molar-refractivity contribution in [2.75, 3.05) is 12.4 Å². The number of benzene rings is 2. The van der Waals surface area contributed by atoms with Crippen molar-refractivity contribution in [2.24, 2.45) is 0 Å². The van der Waals surface area contributed by atoms with Crippen LogP contribution in [0.25, 0.3) is 0 Å². The molecular formula is C28H35N5O2. The quantitative estimate of drug-likeness (QED) is 0.471. The topological polar surface area (TPSA) is 88.1 Å². The molecule has 0 fully saturated rings. The number of anilines is 1. The summed E-state index contributed by atoms with van der Waals surface area (Å²) in [5.74, 6) is 0.0678. The molecule has 0 bridgehead atoms. The Balaban J connectivity index is 1.71. The molecule has 2 heterocycles. The van der Waals surface area contributed by atoms with Gasteiger partial charge in [0.25, 0.3) is 5.91 Å². The van der Waals surface area contributed by atoms with E-state index in [9.17, 15) is 9.59 Å². The van der Waals surface area contributed by atoms with Gasteiger partial charge in [-0.05, 0) is 49.8 Å². The van der Waals surface area contributed by atoms with Crippen molar-refractivity contribution < 1.29 is 9.59 Å². The van der Waals surface area contributed by atoms with Crippen LogP contribution in [0.2, 0.25) is 0 Å². The average Bonchev–Trinajstić information content (AvgIpc) is 3.32. The third kappa shape index (κ3) is 4.43. The summed E-state index contributed by atoms with van der Waals surface area (Å²) < 4.78 is 1.88. The third-order valence-electron chi connectivity index (χ3n) is 7.13. The molecule has 3 N–H and O–H groups in total.